The first-order chi connectivity index (χ1) is 20.6. The number of benzene rings is 2. The maximum absolute atomic E-state index is 14.2. The van der Waals surface area contributed by atoms with Gasteiger partial charge in [-0.2, -0.15) is 0 Å². The highest BCUT2D eigenvalue weighted by Crippen LogP contribution is 2.62. The van der Waals surface area contributed by atoms with Crippen molar-refractivity contribution in [3.63, 3.8) is 0 Å². The Morgan fingerprint density at radius 3 is 2.19 bits per heavy atom. The largest absolute Gasteiger partial charge is 0.764 e. The molecule has 2 N–H and O–H groups in total. The molecule has 6 rings (SSSR count). The summed E-state index contributed by atoms with van der Waals surface area (Å²) in [6.07, 6.45) is 5.58. The van der Waals surface area contributed by atoms with Crippen LogP contribution in [0.4, 0.5) is 5.69 Å². The van der Waals surface area contributed by atoms with E-state index in [4.69, 9.17) is 4.74 Å². The number of fused-ring (bicyclic) bond motifs is 4. The van der Waals surface area contributed by atoms with Gasteiger partial charge in [0.05, 0.1) is 38.9 Å². The Morgan fingerprint density at radius 1 is 0.977 bits per heavy atom. The highest BCUT2D eigenvalue weighted by molar-refractivity contribution is 8.24. The molecule has 2 aromatic rings. The van der Waals surface area contributed by atoms with E-state index in [1.165, 1.54) is 50.3 Å². The molecule has 3 saturated heterocycles. The van der Waals surface area contributed by atoms with Crippen molar-refractivity contribution in [3.8, 4) is 5.75 Å². The van der Waals surface area contributed by atoms with Crippen molar-refractivity contribution in [2.45, 2.75) is 75.7 Å². The van der Waals surface area contributed by atoms with Gasteiger partial charge in [-0.05, 0) is 54.3 Å². The number of aliphatic hydroxyl groups excluding tert-OH is 1. The number of piperazine rings is 3. The molecule has 0 radical (unpaired) electrons. The van der Waals surface area contributed by atoms with Crippen LogP contribution in [0.15, 0.2) is 47.4 Å². The van der Waals surface area contributed by atoms with Crippen LogP contribution < -0.4 is 9.64 Å². The van der Waals surface area contributed by atoms with E-state index in [1.807, 2.05) is 49.3 Å². The fraction of sp³-hybridized carbons (Fsp3) is 0.657. The Labute approximate surface area is 261 Å². The molecule has 0 aliphatic carbocycles. The van der Waals surface area contributed by atoms with Crippen LogP contribution in [0, 0.1) is 5.41 Å². The molecule has 0 spiro atoms. The molecule has 0 aromatic heterocycles. The molecule has 43 heavy (non-hydrogen) atoms. The third kappa shape index (κ3) is 7.05. The van der Waals surface area contributed by atoms with Crippen molar-refractivity contribution in [2.24, 2.45) is 5.41 Å². The summed E-state index contributed by atoms with van der Waals surface area (Å²) in [6, 6.07) is 13.9. The standard InChI is InChI=1S/C35H55N3O4S/c1-5-7-16-35(17-8-6-2)27-43(40,41)32-15-12-29(36(3)4)26-31(32)33(34(35)39)28-10-13-30(14-11-28)42-25-9-21-38-22-18-37(19-23-38)20-24-38/h10-15,26,33-34,39H,5-9,16-25,27H2,1-4H3,(H-,40,41). The number of hydrogen-bond acceptors (Lipinski definition) is 6. The van der Waals surface area contributed by atoms with Crippen molar-refractivity contribution < 1.29 is 23.4 Å². The average Bonchev–Trinajstić information content (AvgIpc) is 3.08. The van der Waals surface area contributed by atoms with Gasteiger partial charge in [-0.1, -0.05) is 51.7 Å². The van der Waals surface area contributed by atoms with Gasteiger partial charge in [-0.15, -0.1) is 0 Å². The number of unbranched alkanes of at least 4 members (excludes halogenated alkanes) is 2. The van der Waals surface area contributed by atoms with Gasteiger partial charge in [0.1, 0.15) is 5.75 Å². The predicted octanol–water partition coefficient (Wildman–Crippen LogP) is 6.31. The van der Waals surface area contributed by atoms with Gasteiger partial charge in [0.2, 0.25) is 0 Å². The maximum atomic E-state index is 14.2. The van der Waals surface area contributed by atoms with Gasteiger partial charge < -0.3 is 38.9 Å². The van der Waals surface area contributed by atoms with Gasteiger partial charge >= 0.3 is 0 Å². The molecule has 240 valence electrons. The zero-order valence-corrected chi connectivity index (χ0v) is 27.8. The molecule has 0 amide bonds. The van der Waals surface area contributed by atoms with Crippen molar-refractivity contribution in [1.82, 2.24) is 4.90 Å². The van der Waals surface area contributed by atoms with E-state index in [1.54, 1.807) is 0 Å². The third-order valence-electron chi connectivity index (χ3n) is 10.6. The smallest absolute Gasteiger partial charge is 0.119 e. The van der Waals surface area contributed by atoms with Gasteiger partial charge in [-0.3, -0.25) is 4.90 Å². The zero-order valence-electron chi connectivity index (χ0n) is 27.0. The molecule has 3 atom stereocenters. The summed E-state index contributed by atoms with van der Waals surface area (Å²) in [6.45, 7) is 13.7. The molecule has 0 saturated carbocycles. The lowest BCUT2D eigenvalue weighted by Crippen LogP contribution is -2.67. The fourth-order valence-corrected chi connectivity index (χ4v) is 10.1. The van der Waals surface area contributed by atoms with Crippen LogP contribution in [0.5, 0.6) is 5.75 Å². The fourth-order valence-electron chi connectivity index (χ4n) is 7.84. The Bertz CT molecular complexity index is 1170. The normalized spacial score (nSPS) is 31.1. The molecule has 3 fully saturated rings. The number of nitrogens with zero attached hydrogens (tertiary/aromatic N) is 3. The summed E-state index contributed by atoms with van der Waals surface area (Å²) >= 11 is 0. The summed E-state index contributed by atoms with van der Waals surface area (Å²) in [5, 5.41) is 12.4. The minimum atomic E-state index is -3.36. The molecule has 3 unspecified atom stereocenters. The van der Waals surface area contributed by atoms with Crippen molar-refractivity contribution in [2.75, 3.05) is 77.2 Å². The van der Waals surface area contributed by atoms with E-state index in [2.05, 4.69) is 30.9 Å². The van der Waals surface area contributed by atoms with Crippen LogP contribution in [0.25, 0.3) is 0 Å². The van der Waals surface area contributed by atoms with E-state index in [0.717, 1.165) is 67.5 Å². The van der Waals surface area contributed by atoms with Crippen molar-refractivity contribution in [1.29, 1.82) is 0 Å². The first-order valence-corrected chi connectivity index (χ1v) is 18.3. The predicted molar refractivity (Wildman–Crippen MR) is 177 cm³/mol. The second kappa shape index (κ2) is 13.7. The highest BCUT2D eigenvalue weighted by Gasteiger charge is 2.47. The quantitative estimate of drug-likeness (QED) is 0.204. The Hall–Kier alpha value is -1.81. The lowest BCUT2D eigenvalue weighted by atomic mass is 9.68. The molecule has 2 bridgehead atoms. The van der Waals surface area contributed by atoms with Crippen LogP contribution in [0.2, 0.25) is 0 Å². The van der Waals surface area contributed by atoms with Gasteiger partial charge in [0.25, 0.3) is 0 Å². The monoisotopic (exact) mass is 613 g/mol. The summed E-state index contributed by atoms with van der Waals surface area (Å²) in [5.74, 6) is 0.541. The van der Waals surface area contributed by atoms with Crippen molar-refractivity contribution in [3.05, 3.63) is 53.6 Å². The molecular weight excluding hydrogens is 558 g/mol. The SMILES string of the molecule is CCCCC1(CCCC)CS([O-])(O)c2ccc(N(C)C)cc2C(c2ccc(OCCC[N+]34CCN(CC3)CC4)cc2)C1O. The van der Waals surface area contributed by atoms with Gasteiger partial charge in [0, 0.05) is 67.8 Å². The van der Waals surface area contributed by atoms with E-state index in [-0.39, 0.29) is 5.75 Å². The van der Waals surface area contributed by atoms with Crippen LogP contribution in [0.1, 0.15) is 75.8 Å². The molecule has 4 aliphatic heterocycles. The lowest BCUT2D eigenvalue weighted by Gasteiger charge is -2.52. The van der Waals surface area contributed by atoms with Crippen LogP contribution in [0.3, 0.4) is 0 Å². The van der Waals surface area contributed by atoms with Crippen molar-refractivity contribution >= 4 is 16.3 Å². The van der Waals surface area contributed by atoms with Crippen LogP contribution in [-0.4, -0.2) is 102 Å². The highest BCUT2D eigenvalue weighted by atomic mass is 32.3. The lowest BCUT2D eigenvalue weighted by molar-refractivity contribution is -0.941. The first kappa shape index (κ1) is 32.6. The van der Waals surface area contributed by atoms with E-state index in [9.17, 15) is 14.2 Å². The second-order valence-corrected chi connectivity index (χ2v) is 15.8. The Kier molecular flexibility index (Phi) is 10.4. The summed E-state index contributed by atoms with van der Waals surface area (Å²) in [5.41, 5.74) is 2.06. The number of quaternary nitrogens is 1. The summed E-state index contributed by atoms with van der Waals surface area (Å²) in [7, 11) is 0.604. The summed E-state index contributed by atoms with van der Waals surface area (Å²) < 4.78 is 33.3. The molecule has 4 heterocycles. The number of aliphatic hydroxyl groups is 1. The number of hydrogen-bond donors (Lipinski definition) is 2. The van der Waals surface area contributed by atoms with E-state index in [0.29, 0.717) is 11.5 Å². The summed E-state index contributed by atoms with van der Waals surface area (Å²) in [4.78, 5) is 5.07. The molecular formula is C35H55N3O4S. The number of anilines is 1. The van der Waals surface area contributed by atoms with E-state index >= 15 is 0 Å². The first-order valence-electron chi connectivity index (χ1n) is 16.7. The topological polar surface area (TPSA) is 79.2 Å². The zero-order chi connectivity index (χ0) is 30.7. The molecule has 4 aliphatic rings. The Morgan fingerprint density at radius 2 is 1.60 bits per heavy atom. The average molecular weight is 614 g/mol. The second-order valence-electron chi connectivity index (χ2n) is 13.7. The molecule has 7 nitrogen and oxygen atoms in total. The van der Waals surface area contributed by atoms with Crippen LogP contribution >= 0.6 is 10.6 Å². The minimum absolute atomic E-state index is 0.102. The van der Waals surface area contributed by atoms with Gasteiger partial charge in [-0.25, -0.2) is 0 Å². The maximum Gasteiger partial charge on any atom is 0.119 e. The minimum Gasteiger partial charge on any atom is -0.764 e. The van der Waals surface area contributed by atoms with Crippen LogP contribution in [-0.2, 0) is 0 Å². The molecule has 8 heteroatoms. The third-order valence-corrected chi connectivity index (χ3v) is 12.7. The molecule has 2 aromatic carbocycles. The van der Waals surface area contributed by atoms with Gasteiger partial charge in [0.15, 0.2) is 0 Å². The number of ether oxygens (including phenoxy) is 1. The Balaban J connectivity index is 1.41. The number of rotatable bonds is 13. The van der Waals surface area contributed by atoms with E-state index < -0.39 is 28.0 Å².